The van der Waals surface area contributed by atoms with Crippen molar-refractivity contribution in [3.8, 4) is 0 Å². The zero-order valence-electron chi connectivity index (χ0n) is 7.82. The summed E-state index contributed by atoms with van der Waals surface area (Å²) in [7, 11) is 0. The van der Waals surface area contributed by atoms with Crippen molar-refractivity contribution in [1.29, 1.82) is 0 Å². The van der Waals surface area contributed by atoms with Crippen LogP contribution in [0.25, 0.3) is 0 Å². The lowest BCUT2D eigenvalue weighted by Gasteiger charge is -1.95. The molecule has 0 amide bonds. The van der Waals surface area contributed by atoms with Gasteiger partial charge in [-0.2, -0.15) is 0 Å². The van der Waals surface area contributed by atoms with Crippen LogP contribution in [0, 0.1) is 0 Å². The van der Waals surface area contributed by atoms with Crippen LogP contribution in [0.1, 0.15) is 6.92 Å². The summed E-state index contributed by atoms with van der Waals surface area (Å²) in [5, 5.41) is 0. The van der Waals surface area contributed by atoms with Gasteiger partial charge in [0.2, 0.25) is 5.90 Å². The first-order valence-electron chi connectivity index (χ1n) is 4.23. The summed E-state index contributed by atoms with van der Waals surface area (Å²) in [4.78, 5) is 7.77. The molecule has 0 saturated carbocycles. The molecule has 0 aromatic heterocycles. The molecule has 0 atom stereocenters. The normalized spacial score (nSPS) is 18.1. The second-order valence-electron chi connectivity index (χ2n) is 2.70. The van der Waals surface area contributed by atoms with Crippen LogP contribution in [0.15, 0.2) is 22.1 Å². The Balaban J connectivity index is 0.000000145. The molecule has 2 aliphatic rings. The molecule has 0 aliphatic carbocycles. The number of aliphatic imine (C=N–C) groups is 2. The van der Waals surface area contributed by atoms with E-state index in [-0.39, 0.29) is 0 Å². The molecule has 2 aliphatic heterocycles. The summed E-state index contributed by atoms with van der Waals surface area (Å²) in [5.74, 6) is 0.727. The van der Waals surface area contributed by atoms with E-state index in [2.05, 4.69) is 21.3 Å². The van der Waals surface area contributed by atoms with Gasteiger partial charge in [-0.15, -0.1) is 0 Å². The average Bonchev–Trinajstić information content (AvgIpc) is 2.82. The maximum atomic E-state index is 5.06. The molecule has 4 heteroatoms. The number of nitrogens with zero attached hydrogens (tertiary/aromatic N) is 2. The van der Waals surface area contributed by atoms with Crippen molar-refractivity contribution < 1.29 is 9.47 Å². The quantitative estimate of drug-likeness (QED) is 0.608. The minimum absolute atomic E-state index is 0.724. The predicted molar refractivity (Wildman–Crippen MR) is 52.4 cm³/mol. The van der Waals surface area contributed by atoms with Gasteiger partial charge in [0.05, 0.1) is 13.1 Å². The van der Waals surface area contributed by atoms with E-state index < -0.39 is 0 Å². The molecular formula is C9H14N2O2. The minimum atomic E-state index is 0.724. The van der Waals surface area contributed by atoms with Gasteiger partial charge < -0.3 is 9.47 Å². The molecule has 0 aromatic rings. The number of hydrogen-bond donors (Lipinski definition) is 0. The second kappa shape index (κ2) is 5.35. The first-order chi connectivity index (χ1) is 6.30. The minimum Gasteiger partial charge on any atom is -0.482 e. The Hall–Kier alpha value is -1.32. The number of hydrogen-bond acceptors (Lipinski definition) is 4. The molecule has 0 unspecified atom stereocenters. The fraction of sp³-hybridized carbons (Fsp3) is 0.556. The van der Waals surface area contributed by atoms with E-state index in [1.807, 2.05) is 6.92 Å². The van der Waals surface area contributed by atoms with E-state index in [0.29, 0.717) is 0 Å². The average molecular weight is 182 g/mol. The van der Waals surface area contributed by atoms with Gasteiger partial charge in [0.1, 0.15) is 13.2 Å². The monoisotopic (exact) mass is 182 g/mol. The summed E-state index contributed by atoms with van der Waals surface area (Å²) in [6.07, 6.45) is 1.49. The fourth-order valence-corrected chi connectivity index (χ4v) is 0.857. The standard InChI is InChI=1S/C6H9NO.C3H5NO/c1-5(2)6-7-3-4-8-6;1-2-5-3-4-1/h1,3-4H2,2H3;3H,1-2H2. The van der Waals surface area contributed by atoms with Gasteiger partial charge in [0, 0.05) is 5.57 Å². The Labute approximate surface area is 78.0 Å². The van der Waals surface area contributed by atoms with E-state index in [1.54, 1.807) is 0 Å². The van der Waals surface area contributed by atoms with E-state index >= 15 is 0 Å². The molecule has 0 N–H and O–H groups in total. The lowest BCUT2D eigenvalue weighted by molar-refractivity contribution is 0.347. The van der Waals surface area contributed by atoms with E-state index in [9.17, 15) is 0 Å². The summed E-state index contributed by atoms with van der Waals surface area (Å²) in [5.41, 5.74) is 0.919. The van der Waals surface area contributed by atoms with E-state index in [4.69, 9.17) is 4.74 Å². The highest BCUT2D eigenvalue weighted by molar-refractivity contribution is 5.93. The van der Waals surface area contributed by atoms with Gasteiger partial charge in [0.15, 0.2) is 6.40 Å². The zero-order valence-corrected chi connectivity index (χ0v) is 7.82. The Bertz CT molecular complexity index is 228. The molecule has 0 bridgehead atoms. The lowest BCUT2D eigenvalue weighted by Crippen LogP contribution is -1.97. The van der Waals surface area contributed by atoms with Crippen LogP contribution in [0.5, 0.6) is 0 Å². The van der Waals surface area contributed by atoms with Crippen LogP contribution in [0.3, 0.4) is 0 Å². The highest BCUT2D eigenvalue weighted by atomic mass is 16.5. The Kier molecular flexibility index (Phi) is 4.02. The predicted octanol–water partition coefficient (Wildman–Crippen LogP) is 1.04. The third-order valence-electron chi connectivity index (χ3n) is 1.44. The molecular weight excluding hydrogens is 168 g/mol. The zero-order chi connectivity index (χ0) is 9.52. The smallest absolute Gasteiger partial charge is 0.211 e. The Morgan fingerprint density at radius 2 is 2.31 bits per heavy atom. The SMILES string of the molecule is C1=NCCO1.C=C(C)C1=NCCO1. The summed E-state index contributed by atoms with van der Waals surface area (Å²) in [6.45, 7) is 8.72. The Morgan fingerprint density at radius 1 is 1.46 bits per heavy atom. The van der Waals surface area contributed by atoms with Crippen LogP contribution in [-0.2, 0) is 9.47 Å². The molecule has 2 heterocycles. The van der Waals surface area contributed by atoms with Gasteiger partial charge in [-0.3, -0.25) is 4.99 Å². The van der Waals surface area contributed by atoms with Gasteiger partial charge in [0.25, 0.3) is 0 Å². The first kappa shape index (κ1) is 9.77. The van der Waals surface area contributed by atoms with Crippen molar-refractivity contribution in [2.75, 3.05) is 26.3 Å². The van der Waals surface area contributed by atoms with Gasteiger partial charge >= 0.3 is 0 Å². The third kappa shape index (κ3) is 3.73. The molecule has 0 fully saturated rings. The van der Waals surface area contributed by atoms with Crippen molar-refractivity contribution in [2.24, 2.45) is 9.98 Å². The third-order valence-corrected chi connectivity index (χ3v) is 1.44. The van der Waals surface area contributed by atoms with Crippen LogP contribution >= 0.6 is 0 Å². The van der Waals surface area contributed by atoms with Gasteiger partial charge in [-0.05, 0) is 6.92 Å². The van der Waals surface area contributed by atoms with Gasteiger partial charge in [-0.1, -0.05) is 6.58 Å². The highest BCUT2D eigenvalue weighted by Crippen LogP contribution is 2.00. The molecule has 0 spiro atoms. The largest absolute Gasteiger partial charge is 0.482 e. The maximum absolute atomic E-state index is 5.06. The number of rotatable bonds is 1. The lowest BCUT2D eigenvalue weighted by atomic mass is 10.4. The summed E-state index contributed by atoms with van der Waals surface area (Å²) < 4.78 is 9.72. The summed E-state index contributed by atoms with van der Waals surface area (Å²) >= 11 is 0. The van der Waals surface area contributed by atoms with Crippen LogP contribution in [0.4, 0.5) is 0 Å². The van der Waals surface area contributed by atoms with Crippen molar-refractivity contribution in [3.63, 3.8) is 0 Å². The maximum Gasteiger partial charge on any atom is 0.211 e. The van der Waals surface area contributed by atoms with Crippen LogP contribution < -0.4 is 0 Å². The topological polar surface area (TPSA) is 43.2 Å². The molecule has 0 radical (unpaired) electrons. The highest BCUT2D eigenvalue weighted by Gasteiger charge is 2.05. The molecule has 13 heavy (non-hydrogen) atoms. The van der Waals surface area contributed by atoms with Gasteiger partial charge in [-0.25, -0.2) is 4.99 Å². The van der Waals surface area contributed by atoms with Crippen molar-refractivity contribution in [1.82, 2.24) is 0 Å². The molecule has 2 rings (SSSR count). The molecule has 4 nitrogen and oxygen atoms in total. The van der Waals surface area contributed by atoms with Crippen molar-refractivity contribution in [3.05, 3.63) is 12.2 Å². The van der Waals surface area contributed by atoms with Crippen molar-refractivity contribution in [2.45, 2.75) is 6.92 Å². The summed E-state index contributed by atoms with van der Waals surface area (Å²) in [6, 6.07) is 0. The van der Waals surface area contributed by atoms with E-state index in [0.717, 1.165) is 37.8 Å². The first-order valence-corrected chi connectivity index (χ1v) is 4.23. The molecule has 0 aromatic carbocycles. The van der Waals surface area contributed by atoms with Crippen molar-refractivity contribution >= 4 is 12.3 Å². The number of ether oxygens (including phenoxy) is 2. The fourth-order valence-electron chi connectivity index (χ4n) is 0.857. The molecule has 72 valence electrons. The Morgan fingerprint density at radius 3 is 2.54 bits per heavy atom. The molecule has 0 saturated heterocycles. The van der Waals surface area contributed by atoms with E-state index in [1.165, 1.54) is 6.40 Å². The van der Waals surface area contributed by atoms with Crippen LogP contribution in [-0.4, -0.2) is 38.6 Å². The second-order valence-corrected chi connectivity index (χ2v) is 2.70. The van der Waals surface area contributed by atoms with Crippen LogP contribution in [0.2, 0.25) is 0 Å².